The topological polar surface area (TPSA) is 61.5 Å². The first-order valence-electron chi connectivity index (χ1n) is 5.05. The Morgan fingerprint density at radius 1 is 1.21 bits per heavy atom. The molecule has 0 saturated carbocycles. The third kappa shape index (κ3) is 14.5. The van der Waals surface area contributed by atoms with Gasteiger partial charge in [-0.1, -0.05) is 20.3 Å². The van der Waals surface area contributed by atoms with Crippen LogP contribution in [0.15, 0.2) is 0 Å². The van der Waals surface area contributed by atoms with E-state index in [9.17, 15) is 4.57 Å². The largest absolute Gasteiger partial charge is 0.697 e. The maximum atomic E-state index is 10.3. The van der Waals surface area contributed by atoms with Crippen LogP contribution in [0.1, 0.15) is 34.1 Å². The molecule has 0 bridgehead atoms. The Morgan fingerprint density at radius 3 is 1.79 bits per heavy atom. The molecule has 2 N–H and O–H groups in total. The third-order valence-electron chi connectivity index (χ3n) is 1.57. The summed E-state index contributed by atoms with van der Waals surface area (Å²) in [6, 6.07) is 0. The van der Waals surface area contributed by atoms with Gasteiger partial charge in [0.15, 0.2) is 0 Å². The average Bonchev–Trinajstić information content (AvgIpc) is 2.18. The number of hydrogen-bond acceptors (Lipinski definition) is 4. The van der Waals surface area contributed by atoms with Gasteiger partial charge in [0, 0.05) is 4.57 Å². The fourth-order valence-electron chi connectivity index (χ4n) is 0.415. The summed E-state index contributed by atoms with van der Waals surface area (Å²) in [5, 5.41) is 0. The van der Waals surface area contributed by atoms with Crippen molar-refractivity contribution in [2.45, 2.75) is 34.1 Å². The molecule has 0 aliphatic rings. The second kappa shape index (κ2) is 13.0. The average molecular weight is 224 g/mol. The summed E-state index contributed by atoms with van der Waals surface area (Å²) in [4.78, 5) is 0. The molecule has 0 amide bonds. The summed E-state index contributed by atoms with van der Waals surface area (Å²) >= 11 is 0. The lowest BCUT2D eigenvalue weighted by Gasteiger charge is -1.98. The smallest absolute Gasteiger partial charge is 0.330 e. The summed E-state index contributed by atoms with van der Waals surface area (Å²) in [5.41, 5.74) is 5.28. The summed E-state index contributed by atoms with van der Waals surface area (Å²) in [5.74, 6) is 0.713. The van der Waals surface area contributed by atoms with E-state index in [4.69, 9.17) is 5.73 Å². The van der Waals surface area contributed by atoms with Crippen LogP contribution in [-0.2, 0) is 13.6 Å². The van der Waals surface area contributed by atoms with Gasteiger partial charge in [-0.25, -0.2) is 0 Å². The lowest BCUT2D eigenvalue weighted by Crippen LogP contribution is -2.08. The van der Waals surface area contributed by atoms with Crippen LogP contribution in [-0.4, -0.2) is 19.8 Å². The van der Waals surface area contributed by atoms with Gasteiger partial charge in [0.05, 0.1) is 0 Å². The van der Waals surface area contributed by atoms with E-state index >= 15 is 0 Å². The summed E-state index contributed by atoms with van der Waals surface area (Å²) in [7, 11) is -1.83. The number of rotatable bonds is 6. The van der Waals surface area contributed by atoms with Crippen molar-refractivity contribution < 1.29 is 13.6 Å². The van der Waals surface area contributed by atoms with Crippen molar-refractivity contribution in [1.29, 1.82) is 0 Å². The van der Waals surface area contributed by atoms with Crippen molar-refractivity contribution >= 4 is 8.25 Å². The van der Waals surface area contributed by atoms with Gasteiger partial charge in [0.1, 0.15) is 13.2 Å². The zero-order valence-corrected chi connectivity index (χ0v) is 10.5. The van der Waals surface area contributed by atoms with E-state index in [0.717, 1.165) is 6.54 Å². The minimum absolute atomic E-state index is 0.440. The number of nitrogens with two attached hydrogens (primary N) is 1. The van der Waals surface area contributed by atoms with Crippen molar-refractivity contribution in [3.05, 3.63) is 0 Å². The molecule has 0 fully saturated rings. The highest BCUT2D eigenvalue weighted by Crippen LogP contribution is 2.21. The molecule has 0 aromatic heterocycles. The highest BCUT2D eigenvalue weighted by atomic mass is 31.1. The van der Waals surface area contributed by atoms with Crippen LogP contribution in [0.25, 0.3) is 0 Å². The molecule has 0 heterocycles. The molecular weight excluding hydrogens is 201 g/mol. The molecule has 0 rings (SSSR count). The van der Waals surface area contributed by atoms with Crippen molar-refractivity contribution in [3.63, 3.8) is 0 Å². The van der Waals surface area contributed by atoms with Gasteiger partial charge in [-0.3, -0.25) is 0 Å². The second-order valence-electron chi connectivity index (χ2n) is 2.81. The van der Waals surface area contributed by atoms with E-state index in [2.05, 4.69) is 22.9 Å². The van der Waals surface area contributed by atoms with Crippen molar-refractivity contribution in [1.82, 2.24) is 0 Å². The third-order valence-corrected chi connectivity index (χ3v) is 2.51. The molecule has 1 atom stereocenters. The minimum Gasteiger partial charge on any atom is -0.330 e. The summed E-state index contributed by atoms with van der Waals surface area (Å²) in [6.45, 7) is 9.55. The van der Waals surface area contributed by atoms with Crippen molar-refractivity contribution in [3.8, 4) is 0 Å². The fraction of sp³-hybridized carbons (Fsp3) is 1.00. The standard InChI is InChI=1S/C5H13N.C4H10O3P/c1-3-5(2)4-6;1-3-6-8(5)7-4-2/h5H,3-4,6H2,1-2H3;3-4H2,1-2H3/q;+1. The molecule has 86 valence electrons. The Morgan fingerprint density at radius 2 is 1.64 bits per heavy atom. The Labute approximate surface area is 88.1 Å². The lowest BCUT2D eigenvalue weighted by molar-refractivity contribution is 0.243. The van der Waals surface area contributed by atoms with Crippen LogP contribution >= 0.6 is 8.25 Å². The SMILES string of the molecule is CCC(C)CN.CCO[P+](=O)OCC. The van der Waals surface area contributed by atoms with Gasteiger partial charge in [0.2, 0.25) is 0 Å². The zero-order chi connectivity index (χ0) is 11.4. The van der Waals surface area contributed by atoms with Crippen molar-refractivity contribution in [2.24, 2.45) is 11.7 Å². The van der Waals surface area contributed by atoms with Crippen LogP contribution in [0.2, 0.25) is 0 Å². The molecule has 5 heteroatoms. The quantitative estimate of drug-likeness (QED) is 0.704. The molecule has 4 nitrogen and oxygen atoms in total. The Kier molecular flexibility index (Phi) is 15.2. The maximum absolute atomic E-state index is 10.3. The van der Waals surface area contributed by atoms with Crippen LogP contribution in [0.4, 0.5) is 0 Å². The van der Waals surface area contributed by atoms with Gasteiger partial charge in [-0.2, -0.15) is 0 Å². The predicted molar refractivity (Wildman–Crippen MR) is 59.4 cm³/mol. The molecule has 0 aromatic rings. The van der Waals surface area contributed by atoms with Gasteiger partial charge in [-0.15, -0.1) is 9.05 Å². The molecule has 1 unspecified atom stereocenters. The van der Waals surface area contributed by atoms with E-state index in [0.29, 0.717) is 19.1 Å². The first kappa shape index (κ1) is 16.4. The molecule has 0 aromatic carbocycles. The summed E-state index contributed by atoms with van der Waals surface area (Å²) in [6.07, 6.45) is 1.20. The Hall–Kier alpha value is -0.0200. The first-order valence-corrected chi connectivity index (χ1v) is 6.14. The fourth-order valence-corrected chi connectivity index (χ4v) is 0.911. The molecule has 0 spiro atoms. The Balaban J connectivity index is 0. The van der Waals surface area contributed by atoms with Crippen LogP contribution < -0.4 is 5.73 Å². The maximum Gasteiger partial charge on any atom is 0.697 e. The van der Waals surface area contributed by atoms with Crippen molar-refractivity contribution in [2.75, 3.05) is 19.8 Å². The van der Waals surface area contributed by atoms with Gasteiger partial charge < -0.3 is 5.73 Å². The first-order chi connectivity index (χ1) is 6.62. The summed E-state index contributed by atoms with van der Waals surface area (Å²) < 4.78 is 19.5. The highest BCUT2D eigenvalue weighted by Gasteiger charge is 2.15. The lowest BCUT2D eigenvalue weighted by atomic mass is 10.1. The zero-order valence-electron chi connectivity index (χ0n) is 9.66. The van der Waals surface area contributed by atoms with Crippen LogP contribution in [0, 0.1) is 5.92 Å². The molecule has 0 radical (unpaired) electrons. The van der Waals surface area contributed by atoms with Crippen LogP contribution in [0.3, 0.4) is 0 Å². The second-order valence-corrected chi connectivity index (χ2v) is 3.77. The van der Waals surface area contributed by atoms with E-state index in [1.807, 2.05) is 0 Å². The molecular formula is C9H23NO3P+. The van der Waals surface area contributed by atoms with Crippen LogP contribution in [0.5, 0.6) is 0 Å². The van der Waals surface area contributed by atoms with E-state index in [1.54, 1.807) is 13.8 Å². The Bertz CT molecular complexity index is 121. The minimum atomic E-state index is -1.83. The van der Waals surface area contributed by atoms with E-state index in [1.165, 1.54) is 6.42 Å². The normalized spacial score (nSPS) is 11.5. The highest BCUT2D eigenvalue weighted by molar-refractivity contribution is 7.33. The molecule has 0 aliphatic heterocycles. The predicted octanol–water partition coefficient (Wildman–Crippen LogP) is 2.71. The molecule has 0 saturated heterocycles. The molecule has 0 aliphatic carbocycles. The van der Waals surface area contributed by atoms with E-state index < -0.39 is 8.25 Å². The van der Waals surface area contributed by atoms with E-state index in [-0.39, 0.29) is 0 Å². The molecule has 14 heavy (non-hydrogen) atoms. The van der Waals surface area contributed by atoms with Gasteiger partial charge >= 0.3 is 8.25 Å². The van der Waals surface area contributed by atoms with Gasteiger partial charge in [0.25, 0.3) is 0 Å². The monoisotopic (exact) mass is 224 g/mol. The number of hydrogen-bond donors (Lipinski definition) is 1. The van der Waals surface area contributed by atoms with Gasteiger partial charge in [-0.05, 0) is 26.3 Å².